The van der Waals surface area contributed by atoms with E-state index >= 15 is 0 Å². The van der Waals surface area contributed by atoms with Crippen molar-refractivity contribution in [2.45, 2.75) is 32.5 Å². The second-order valence-electron chi connectivity index (χ2n) is 2.35. The lowest BCUT2D eigenvalue weighted by Crippen LogP contribution is -2.25. The Morgan fingerprint density at radius 2 is 1.54 bits per heavy atom. The highest BCUT2D eigenvalue weighted by Gasteiger charge is 2.30. The van der Waals surface area contributed by atoms with Crippen molar-refractivity contribution in [1.29, 1.82) is 0 Å². The first-order chi connectivity index (χ1) is 5.99. The van der Waals surface area contributed by atoms with Gasteiger partial charge in [0.1, 0.15) is 0 Å². The van der Waals surface area contributed by atoms with Crippen molar-refractivity contribution in [3.63, 3.8) is 0 Å². The molecule has 0 saturated carbocycles. The van der Waals surface area contributed by atoms with Crippen molar-refractivity contribution >= 4 is 9.28 Å². The number of hydrogen-bond donors (Lipinski definition) is 0. The molecule has 0 N–H and O–H groups in total. The topological polar surface area (TPSA) is 18.5 Å². The van der Waals surface area contributed by atoms with Crippen LogP contribution in [0.15, 0.2) is 0 Å². The van der Waals surface area contributed by atoms with Crippen LogP contribution in [0.3, 0.4) is 0 Å². The highest BCUT2D eigenvalue weighted by atomic mass is 28.3. The summed E-state index contributed by atoms with van der Waals surface area (Å²) in [7, 11) is -1.70. The SMILES string of the molecule is CCO[Si](CCC(F)(F)F)OCC. The van der Waals surface area contributed by atoms with Crippen LogP contribution in [0.25, 0.3) is 0 Å². The minimum Gasteiger partial charge on any atom is -0.394 e. The Kier molecular flexibility index (Phi) is 6.36. The zero-order chi connectivity index (χ0) is 10.3. The van der Waals surface area contributed by atoms with E-state index in [1.165, 1.54) is 0 Å². The van der Waals surface area contributed by atoms with E-state index in [2.05, 4.69) is 0 Å². The summed E-state index contributed by atoms with van der Waals surface area (Å²) < 4.78 is 45.5. The van der Waals surface area contributed by atoms with E-state index < -0.39 is 21.9 Å². The minimum atomic E-state index is -4.11. The standard InChI is InChI=1S/C7H14F3O2Si/c1-3-11-13(12-4-2)6-5-7(8,9)10/h3-6H2,1-2H3. The molecule has 0 aromatic rings. The summed E-state index contributed by atoms with van der Waals surface area (Å²) in [5.74, 6) is 0. The molecule has 0 aromatic carbocycles. The predicted octanol–water partition coefficient (Wildman–Crippen LogP) is 2.50. The van der Waals surface area contributed by atoms with Gasteiger partial charge in [0.25, 0.3) is 0 Å². The molecular weight excluding hydrogens is 201 g/mol. The highest BCUT2D eigenvalue weighted by molar-refractivity contribution is 6.44. The summed E-state index contributed by atoms with van der Waals surface area (Å²) in [5, 5.41) is 0. The summed E-state index contributed by atoms with van der Waals surface area (Å²) in [6.45, 7) is 4.31. The van der Waals surface area contributed by atoms with Crippen molar-refractivity contribution in [3.05, 3.63) is 0 Å². The monoisotopic (exact) mass is 215 g/mol. The lowest BCUT2D eigenvalue weighted by molar-refractivity contribution is -0.131. The van der Waals surface area contributed by atoms with Crippen LogP contribution in [0.5, 0.6) is 0 Å². The van der Waals surface area contributed by atoms with Crippen LogP contribution >= 0.6 is 0 Å². The highest BCUT2D eigenvalue weighted by Crippen LogP contribution is 2.22. The molecule has 2 nitrogen and oxygen atoms in total. The number of hydrogen-bond acceptors (Lipinski definition) is 2. The van der Waals surface area contributed by atoms with Gasteiger partial charge < -0.3 is 8.85 Å². The lowest BCUT2D eigenvalue weighted by Gasteiger charge is -2.13. The van der Waals surface area contributed by atoms with Crippen molar-refractivity contribution in [1.82, 2.24) is 0 Å². The Balaban J connectivity index is 3.68. The van der Waals surface area contributed by atoms with Gasteiger partial charge in [-0.2, -0.15) is 13.2 Å². The van der Waals surface area contributed by atoms with E-state index in [1.54, 1.807) is 13.8 Å². The molecule has 0 atom stereocenters. The second-order valence-corrected chi connectivity index (χ2v) is 4.17. The van der Waals surface area contributed by atoms with Crippen LogP contribution in [-0.2, 0) is 8.85 Å². The maximum absolute atomic E-state index is 11.8. The van der Waals surface area contributed by atoms with Crippen molar-refractivity contribution in [2.24, 2.45) is 0 Å². The largest absolute Gasteiger partial charge is 0.394 e. The molecule has 0 aromatic heterocycles. The molecule has 6 heteroatoms. The maximum Gasteiger partial charge on any atom is 0.389 e. The summed E-state index contributed by atoms with van der Waals surface area (Å²) in [4.78, 5) is 0. The van der Waals surface area contributed by atoms with E-state index in [9.17, 15) is 13.2 Å². The van der Waals surface area contributed by atoms with Crippen molar-refractivity contribution in [2.75, 3.05) is 13.2 Å². The van der Waals surface area contributed by atoms with Crippen LogP contribution in [0.1, 0.15) is 20.3 Å². The first kappa shape index (κ1) is 12.9. The predicted molar refractivity (Wildman–Crippen MR) is 44.5 cm³/mol. The van der Waals surface area contributed by atoms with Gasteiger partial charge in [0.05, 0.1) is 0 Å². The first-order valence-electron chi connectivity index (χ1n) is 4.17. The molecule has 0 unspecified atom stereocenters. The molecule has 0 saturated heterocycles. The fourth-order valence-electron chi connectivity index (χ4n) is 0.752. The minimum absolute atomic E-state index is 0.0319. The van der Waals surface area contributed by atoms with Crippen LogP contribution in [-0.4, -0.2) is 28.7 Å². The van der Waals surface area contributed by atoms with Crippen LogP contribution < -0.4 is 0 Å². The molecule has 0 aliphatic carbocycles. The Labute approximate surface area is 77.9 Å². The Morgan fingerprint density at radius 1 is 1.08 bits per heavy atom. The van der Waals surface area contributed by atoms with Gasteiger partial charge >= 0.3 is 15.5 Å². The molecule has 0 aliphatic heterocycles. The Bertz CT molecular complexity index is 123. The molecule has 0 amide bonds. The molecule has 79 valence electrons. The van der Waals surface area contributed by atoms with E-state index in [4.69, 9.17) is 8.85 Å². The molecule has 0 heterocycles. The summed E-state index contributed by atoms with van der Waals surface area (Å²) in [5.41, 5.74) is 0. The van der Waals surface area contributed by atoms with E-state index in [0.29, 0.717) is 13.2 Å². The van der Waals surface area contributed by atoms with E-state index in [-0.39, 0.29) is 6.04 Å². The van der Waals surface area contributed by atoms with Gasteiger partial charge in [-0.3, -0.25) is 0 Å². The third-order valence-electron chi connectivity index (χ3n) is 1.22. The quantitative estimate of drug-likeness (QED) is 0.634. The Hall–Kier alpha value is -0.0731. The van der Waals surface area contributed by atoms with Crippen molar-refractivity contribution < 1.29 is 22.0 Å². The van der Waals surface area contributed by atoms with E-state index in [1.807, 2.05) is 0 Å². The molecule has 13 heavy (non-hydrogen) atoms. The van der Waals surface area contributed by atoms with Gasteiger partial charge in [-0.05, 0) is 13.8 Å². The summed E-state index contributed by atoms with van der Waals surface area (Å²) in [6, 6.07) is -0.0319. The van der Waals surface area contributed by atoms with Crippen LogP contribution in [0, 0.1) is 0 Å². The van der Waals surface area contributed by atoms with Gasteiger partial charge in [0.15, 0.2) is 0 Å². The third-order valence-corrected chi connectivity index (χ3v) is 3.10. The lowest BCUT2D eigenvalue weighted by atomic mass is 10.5. The fourth-order valence-corrected chi connectivity index (χ4v) is 2.26. The van der Waals surface area contributed by atoms with Gasteiger partial charge in [0, 0.05) is 25.7 Å². The molecule has 0 fully saturated rings. The number of alkyl halides is 3. The van der Waals surface area contributed by atoms with Gasteiger partial charge in [-0.15, -0.1) is 0 Å². The summed E-state index contributed by atoms with van der Waals surface area (Å²) in [6.07, 6.45) is -4.93. The normalized spacial score (nSPS) is 12.5. The fraction of sp³-hybridized carbons (Fsp3) is 1.00. The molecule has 1 radical (unpaired) electrons. The molecular formula is C7H14F3O2Si. The summed E-state index contributed by atoms with van der Waals surface area (Å²) >= 11 is 0. The van der Waals surface area contributed by atoms with Gasteiger partial charge in [-0.1, -0.05) is 0 Å². The average molecular weight is 215 g/mol. The van der Waals surface area contributed by atoms with Crippen LogP contribution in [0.2, 0.25) is 6.04 Å². The molecule has 0 bridgehead atoms. The van der Waals surface area contributed by atoms with Gasteiger partial charge in [0.2, 0.25) is 0 Å². The zero-order valence-electron chi connectivity index (χ0n) is 7.78. The van der Waals surface area contributed by atoms with Gasteiger partial charge in [-0.25, -0.2) is 0 Å². The average Bonchev–Trinajstić information content (AvgIpc) is 2.00. The molecule has 0 spiro atoms. The number of halogens is 3. The smallest absolute Gasteiger partial charge is 0.389 e. The zero-order valence-corrected chi connectivity index (χ0v) is 8.78. The Morgan fingerprint density at radius 3 is 1.85 bits per heavy atom. The maximum atomic E-state index is 11.8. The van der Waals surface area contributed by atoms with E-state index in [0.717, 1.165) is 0 Å². The molecule has 0 aliphatic rings. The molecule has 0 rings (SSSR count). The van der Waals surface area contributed by atoms with Crippen LogP contribution in [0.4, 0.5) is 13.2 Å². The first-order valence-corrected chi connectivity index (χ1v) is 5.70. The third kappa shape index (κ3) is 8.26. The second kappa shape index (κ2) is 6.39. The number of rotatable bonds is 6. The van der Waals surface area contributed by atoms with Crippen molar-refractivity contribution in [3.8, 4) is 0 Å².